The molecular formula is C11H14N2O5S. The quantitative estimate of drug-likeness (QED) is 0.777. The van der Waals surface area contributed by atoms with E-state index in [4.69, 9.17) is 5.11 Å². The van der Waals surface area contributed by atoms with Gasteiger partial charge in [-0.25, -0.2) is 17.9 Å². The number of carboxylic acid groups (broad SMARTS) is 1. The monoisotopic (exact) mass is 286 g/mol. The van der Waals surface area contributed by atoms with Gasteiger partial charge in [-0.2, -0.15) is 0 Å². The van der Waals surface area contributed by atoms with Crippen LogP contribution in [0, 0.1) is 0 Å². The third-order valence-electron chi connectivity index (χ3n) is 2.30. The lowest BCUT2D eigenvalue weighted by Gasteiger charge is -2.11. The molecule has 1 amide bonds. The van der Waals surface area contributed by atoms with Gasteiger partial charge in [-0.3, -0.25) is 4.79 Å². The molecule has 104 valence electrons. The van der Waals surface area contributed by atoms with Crippen LogP contribution in [-0.4, -0.2) is 50.9 Å². The van der Waals surface area contributed by atoms with Crippen molar-refractivity contribution < 1.29 is 23.1 Å². The number of hydrogen-bond donors (Lipinski definition) is 2. The van der Waals surface area contributed by atoms with Crippen LogP contribution in [0.3, 0.4) is 0 Å². The van der Waals surface area contributed by atoms with Crippen molar-refractivity contribution in [2.24, 2.45) is 0 Å². The van der Waals surface area contributed by atoms with Gasteiger partial charge in [-0.1, -0.05) is 6.07 Å². The van der Waals surface area contributed by atoms with E-state index in [9.17, 15) is 18.0 Å². The van der Waals surface area contributed by atoms with Crippen LogP contribution in [0.15, 0.2) is 29.2 Å². The van der Waals surface area contributed by atoms with Crippen molar-refractivity contribution in [3.63, 3.8) is 0 Å². The van der Waals surface area contributed by atoms with Crippen LogP contribution < -0.4 is 4.72 Å². The number of likely N-dealkylation sites (N-methyl/N-ethyl adjacent to an activating group) is 1. The molecule has 0 heterocycles. The molecule has 0 saturated heterocycles. The van der Waals surface area contributed by atoms with Crippen LogP contribution in [0.2, 0.25) is 0 Å². The number of hydrogen-bond acceptors (Lipinski definition) is 4. The Morgan fingerprint density at radius 3 is 2.47 bits per heavy atom. The fourth-order valence-electron chi connectivity index (χ4n) is 1.19. The first-order valence-corrected chi connectivity index (χ1v) is 6.75. The molecule has 7 nitrogen and oxygen atoms in total. The minimum absolute atomic E-state index is 0.137. The first-order chi connectivity index (χ1) is 8.74. The van der Waals surface area contributed by atoms with Gasteiger partial charge in [0, 0.05) is 14.1 Å². The van der Waals surface area contributed by atoms with Crippen molar-refractivity contribution in [1.29, 1.82) is 0 Å². The van der Waals surface area contributed by atoms with Crippen LogP contribution in [0.25, 0.3) is 0 Å². The average Bonchev–Trinajstić information content (AvgIpc) is 2.36. The van der Waals surface area contributed by atoms with Crippen molar-refractivity contribution in [2.45, 2.75) is 4.90 Å². The highest BCUT2D eigenvalue weighted by molar-refractivity contribution is 7.89. The van der Waals surface area contributed by atoms with Crippen LogP contribution in [0.5, 0.6) is 0 Å². The summed E-state index contributed by atoms with van der Waals surface area (Å²) in [5.41, 5.74) is -0.137. The maximum absolute atomic E-state index is 11.9. The highest BCUT2D eigenvalue weighted by Gasteiger charge is 2.17. The number of rotatable bonds is 5. The number of carbonyl (C=O) groups is 2. The van der Waals surface area contributed by atoms with Gasteiger partial charge in [-0.05, 0) is 18.2 Å². The van der Waals surface area contributed by atoms with Crippen molar-refractivity contribution in [1.82, 2.24) is 9.62 Å². The van der Waals surface area contributed by atoms with Gasteiger partial charge in [0.2, 0.25) is 15.9 Å². The van der Waals surface area contributed by atoms with E-state index in [1.807, 2.05) is 0 Å². The van der Waals surface area contributed by atoms with E-state index >= 15 is 0 Å². The van der Waals surface area contributed by atoms with E-state index in [2.05, 4.69) is 4.72 Å². The summed E-state index contributed by atoms with van der Waals surface area (Å²) in [5, 5.41) is 8.79. The summed E-state index contributed by atoms with van der Waals surface area (Å²) in [5.74, 6) is -1.63. The Kier molecular flexibility index (Phi) is 4.62. The number of nitrogens with one attached hydrogen (secondary N) is 1. The lowest BCUT2D eigenvalue weighted by molar-refractivity contribution is -0.127. The number of carbonyl (C=O) groups excluding carboxylic acids is 1. The largest absolute Gasteiger partial charge is 0.478 e. The Hall–Kier alpha value is -1.93. The van der Waals surface area contributed by atoms with E-state index in [0.717, 1.165) is 6.07 Å². The maximum atomic E-state index is 11.9. The number of aromatic carboxylic acids is 1. The van der Waals surface area contributed by atoms with E-state index in [1.165, 1.54) is 37.2 Å². The van der Waals surface area contributed by atoms with Gasteiger partial charge >= 0.3 is 5.97 Å². The molecule has 0 aromatic heterocycles. The van der Waals surface area contributed by atoms with Crippen molar-refractivity contribution >= 4 is 21.9 Å². The molecule has 0 saturated carbocycles. The summed E-state index contributed by atoms with van der Waals surface area (Å²) < 4.78 is 25.8. The summed E-state index contributed by atoms with van der Waals surface area (Å²) in [4.78, 5) is 23.1. The standard InChI is InChI=1S/C11H14N2O5S/c1-13(2)10(14)7-12-19(17,18)9-5-3-4-8(6-9)11(15)16/h3-6,12H,7H2,1-2H3,(H,15,16). The fourth-order valence-corrected chi connectivity index (χ4v) is 2.21. The van der Waals surface area contributed by atoms with Crippen LogP contribution in [0.4, 0.5) is 0 Å². The van der Waals surface area contributed by atoms with Gasteiger partial charge in [0.1, 0.15) is 0 Å². The Morgan fingerprint density at radius 1 is 1.32 bits per heavy atom. The molecule has 0 atom stereocenters. The minimum atomic E-state index is -3.91. The van der Waals surface area contributed by atoms with Crippen LogP contribution >= 0.6 is 0 Å². The Bertz CT molecular complexity index is 595. The maximum Gasteiger partial charge on any atom is 0.335 e. The number of carboxylic acids is 1. The molecule has 0 aliphatic rings. The first-order valence-electron chi connectivity index (χ1n) is 5.27. The molecule has 8 heteroatoms. The third kappa shape index (κ3) is 4.04. The average molecular weight is 286 g/mol. The lowest BCUT2D eigenvalue weighted by Crippen LogP contribution is -2.36. The van der Waals surface area contributed by atoms with Crippen LogP contribution in [0.1, 0.15) is 10.4 Å². The van der Waals surface area contributed by atoms with Gasteiger partial charge in [-0.15, -0.1) is 0 Å². The van der Waals surface area contributed by atoms with E-state index in [-0.39, 0.29) is 17.0 Å². The van der Waals surface area contributed by atoms with Gasteiger partial charge < -0.3 is 10.0 Å². The lowest BCUT2D eigenvalue weighted by atomic mass is 10.2. The third-order valence-corrected chi connectivity index (χ3v) is 3.70. The van der Waals surface area contributed by atoms with Crippen molar-refractivity contribution in [3.05, 3.63) is 29.8 Å². The fraction of sp³-hybridized carbons (Fsp3) is 0.273. The van der Waals surface area contributed by atoms with E-state index < -0.39 is 21.9 Å². The highest BCUT2D eigenvalue weighted by atomic mass is 32.2. The molecule has 0 fully saturated rings. The molecular weight excluding hydrogens is 272 g/mol. The van der Waals surface area contributed by atoms with Crippen LogP contribution in [-0.2, 0) is 14.8 Å². The second-order valence-electron chi connectivity index (χ2n) is 3.95. The molecule has 1 rings (SSSR count). The second kappa shape index (κ2) is 5.81. The summed E-state index contributed by atoms with van der Waals surface area (Å²) >= 11 is 0. The van der Waals surface area contributed by atoms with Crippen molar-refractivity contribution in [2.75, 3.05) is 20.6 Å². The Balaban J connectivity index is 2.92. The zero-order valence-electron chi connectivity index (χ0n) is 10.5. The molecule has 0 bridgehead atoms. The molecule has 0 unspecified atom stereocenters. The molecule has 1 aromatic rings. The smallest absolute Gasteiger partial charge is 0.335 e. The van der Waals surface area contributed by atoms with Gasteiger partial charge in [0.05, 0.1) is 17.0 Å². The second-order valence-corrected chi connectivity index (χ2v) is 5.71. The van der Waals surface area contributed by atoms with Gasteiger partial charge in [0.15, 0.2) is 0 Å². The Morgan fingerprint density at radius 2 is 1.95 bits per heavy atom. The predicted octanol–water partition coefficient (Wildman–Crippen LogP) is -0.249. The molecule has 19 heavy (non-hydrogen) atoms. The number of amides is 1. The minimum Gasteiger partial charge on any atom is -0.478 e. The molecule has 1 aromatic carbocycles. The topological polar surface area (TPSA) is 104 Å². The highest BCUT2D eigenvalue weighted by Crippen LogP contribution is 2.11. The Labute approximate surface area is 110 Å². The number of sulfonamides is 1. The SMILES string of the molecule is CN(C)C(=O)CNS(=O)(=O)c1cccc(C(=O)O)c1. The molecule has 0 radical (unpaired) electrons. The normalized spacial score (nSPS) is 11.1. The van der Waals surface area contributed by atoms with E-state index in [0.29, 0.717) is 0 Å². The first kappa shape index (κ1) is 15.1. The summed E-state index contributed by atoms with van der Waals surface area (Å²) in [7, 11) is -0.902. The predicted molar refractivity (Wildman–Crippen MR) is 67.3 cm³/mol. The number of nitrogens with zero attached hydrogens (tertiary/aromatic N) is 1. The molecule has 0 spiro atoms. The van der Waals surface area contributed by atoms with Gasteiger partial charge in [0.25, 0.3) is 0 Å². The molecule has 0 aliphatic carbocycles. The number of benzene rings is 1. The molecule has 0 aliphatic heterocycles. The molecule has 2 N–H and O–H groups in total. The zero-order valence-corrected chi connectivity index (χ0v) is 11.3. The summed E-state index contributed by atoms with van der Waals surface area (Å²) in [6, 6.07) is 4.90. The van der Waals surface area contributed by atoms with E-state index in [1.54, 1.807) is 0 Å². The van der Waals surface area contributed by atoms with Crippen molar-refractivity contribution in [3.8, 4) is 0 Å². The zero-order chi connectivity index (χ0) is 14.6. The summed E-state index contributed by atoms with van der Waals surface area (Å²) in [6.45, 7) is -0.382. The summed E-state index contributed by atoms with van der Waals surface area (Å²) in [6.07, 6.45) is 0.